The zero-order chi connectivity index (χ0) is 23.6. The molecule has 33 heavy (non-hydrogen) atoms. The molecule has 0 aliphatic carbocycles. The van der Waals surface area contributed by atoms with E-state index in [1.807, 2.05) is 4.90 Å². The number of carbonyl (C=O) groups excluding carboxylic acids is 2. The maximum Gasteiger partial charge on any atom is 0.255 e. The molecule has 0 spiro atoms. The number of nitrogens with one attached hydrogen (secondary N) is 1. The van der Waals surface area contributed by atoms with Crippen molar-refractivity contribution in [2.45, 2.75) is 24.7 Å². The fourth-order valence-electron chi connectivity index (χ4n) is 4.00. The van der Waals surface area contributed by atoms with Crippen LogP contribution in [0.4, 0.5) is 5.82 Å². The van der Waals surface area contributed by atoms with Gasteiger partial charge in [0.2, 0.25) is 15.9 Å². The van der Waals surface area contributed by atoms with Crippen molar-refractivity contribution in [2.24, 2.45) is 0 Å². The molecule has 0 atom stereocenters. The Balaban J connectivity index is 1.37. The van der Waals surface area contributed by atoms with E-state index < -0.39 is 10.0 Å². The van der Waals surface area contributed by atoms with Crippen LogP contribution >= 0.6 is 11.6 Å². The van der Waals surface area contributed by atoms with Gasteiger partial charge in [-0.3, -0.25) is 14.5 Å². The molecule has 0 saturated carbocycles. The summed E-state index contributed by atoms with van der Waals surface area (Å²) in [5.74, 6) is 0.435. The van der Waals surface area contributed by atoms with Crippen molar-refractivity contribution in [3.8, 4) is 0 Å². The highest BCUT2D eigenvalue weighted by atomic mass is 35.5. The van der Waals surface area contributed by atoms with E-state index in [9.17, 15) is 18.0 Å². The standard InChI is InChI=1S/C21H26ClN5O5S/c1-15-12-19(24-32-15)23-20(28)14-25-8-10-26(11-9-25)21(29)17-13-16(4-5-18(17)22)33(30,31)27-6-2-3-7-27/h4-5,12-13H,2-3,6-11,14H2,1H3,(H,23,24,28). The molecular weight excluding hydrogens is 470 g/mol. The number of benzene rings is 1. The van der Waals surface area contributed by atoms with Crippen molar-refractivity contribution in [3.63, 3.8) is 0 Å². The van der Waals surface area contributed by atoms with Crippen LogP contribution < -0.4 is 5.32 Å². The second kappa shape index (κ2) is 9.80. The van der Waals surface area contributed by atoms with E-state index in [0.717, 1.165) is 12.8 Å². The number of rotatable bonds is 6. The lowest BCUT2D eigenvalue weighted by Gasteiger charge is -2.34. The average molecular weight is 496 g/mol. The molecule has 4 rings (SSSR count). The first-order chi connectivity index (χ1) is 15.7. The second-order valence-electron chi connectivity index (χ2n) is 8.19. The van der Waals surface area contributed by atoms with E-state index >= 15 is 0 Å². The van der Waals surface area contributed by atoms with Crippen LogP contribution in [0.5, 0.6) is 0 Å². The van der Waals surface area contributed by atoms with Crippen molar-refractivity contribution >= 4 is 39.3 Å². The molecule has 2 aliphatic rings. The predicted octanol–water partition coefficient (Wildman–Crippen LogP) is 1.82. The Morgan fingerprint density at radius 1 is 1.09 bits per heavy atom. The Labute approximate surface area is 197 Å². The average Bonchev–Trinajstić information content (AvgIpc) is 3.46. The lowest BCUT2D eigenvalue weighted by molar-refractivity contribution is -0.117. The number of hydrogen-bond donors (Lipinski definition) is 1. The fourth-order valence-corrected chi connectivity index (χ4v) is 5.74. The number of carbonyl (C=O) groups is 2. The van der Waals surface area contributed by atoms with E-state index in [4.69, 9.17) is 16.1 Å². The molecule has 2 saturated heterocycles. The van der Waals surface area contributed by atoms with Gasteiger partial charge in [-0.05, 0) is 38.0 Å². The Morgan fingerprint density at radius 3 is 2.42 bits per heavy atom. The first-order valence-electron chi connectivity index (χ1n) is 10.8. The summed E-state index contributed by atoms with van der Waals surface area (Å²) < 4.78 is 32.1. The van der Waals surface area contributed by atoms with Crippen molar-refractivity contribution < 1.29 is 22.5 Å². The van der Waals surface area contributed by atoms with Gasteiger partial charge in [-0.25, -0.2) is 8.42 Å². The maximum absolute atomic E-state index is 13.1. The molecule has 2 amide bonds. The zero-order valence-corrected chi connectivity index (χ0v) is 19.9. The second-order valence-corrected chi connectivity index (χ2v) is 10.5. The fraction of sp³-hybridized carbons (Fsp3) is 0.476. The van der Waals surface area contributed by atoms with Gasteiger partial charge in [0.25, 0.3) is 5.91 Å². The summed E-state index contributed by atoms with van der Waals surface area (Å²) >= 11 is 6.26. The van der Waals surface area contributed by atoms with Gasteiger partial charge in [0.1, 0.15) is 5.76 Å². The molecule has 12 heteroatoms. The minimum atomic E-state index is -3.65. The minimum absolute atomic E-state index is 0.0792. The van der Waals surface area contributed by atoms with Crippen molar-refractivity contribution in [3.05, 3.63) is 40.6 Å². The summed E-state index contributed by atoms with van der Waals surface area (Å²) in [7, 11) is -3.65. The third kappa shape index (κ3) is 5.37. The number of piperazine rings is 1. The number of anilines is 1. The van der Waals surface area contributed by atoms with Crippen LogP contribution in [0.25, 0.3) is 0 Å². The van der Waals surface area contributed by atoms with Crippen LogP contribution in [0, 0.1) is 6.92 Å². The highest BCUT2D eigenvalue weighted by molar-refractivity contribution is 7.89. The van der Waals surface area contributed by atoms with Crippen molar-refractivity contribution in [1.82, 2.24) is 19.3 Å². The molecule has 2 aromatic rings. The van der Waals surface area contributed by atoms with Crippen LogP contribution in [0.3, 0.4) is 0 Å². The molecule has 1 aromatic heterocycles. The molecule has 178 valence electrons. The maximum atomic E-state index is 13.1. The van der Waals surface area contributed by atoms with Gasteiger partial charge in [0, 0.05) is 45.3 Å². The molecule has 0 unspecified atom stereocenters. The van der Waals surface area contributed by atoms with Crippen molar-refractivity contribution in [2.75, 3.05) is 51.1 Å². The van der Waals surface area contributed by atoms with E-state index in [2.05, 4.69) is 10.5 Å². The first-order valence-corrected chi connectivity index (χ1v) is 12.6. The quantitative estimate of drug-likeness (QED) is 0.649. The molecule has 2 fully saturated rings. The van der Waals surface area contributed by atoms with Gasteiger partial charge in [0.05, 0.1) is 22.0 Å². The van der Waals surface area contributed by atoms with E-state index in [-0.39, 0.29) is 33.8 Å². The highest BCUT2D eigenvalue weighted by Crippen LogP contribution is 2.26. The van der Waals surface area contributed by atoms with Crippen LogP contribution in [0.2, 0.25) is 5.02 Å². The predicted molar refractivity (Wildman–Crippen MR) is 122 cm³/mol. The number of sulfonamides is 1. The number of nitrogens with zero attached hydrogens (tertiary/aromatic N) is 4. The highest BCUT2D eigenvalue weighted by Gasteiger charge is 2.30. The van der Waals surface area contributed by atoms with Crippen LogP contribution in [0.15, 0.2) is 33.7 Å². The third-order valence-corrected chi connectivity index (χ3v) is 8.02. The van der Waals surface area contributed by atoms with Gasteiger partial charge < -0.3 is 14.7 Å². The Morgan fingerprint density at radius 2 is 1.79 bits per heavy atom. The number of aromatic nitrogens is 1. The Hall–Kier alpha value is -2.47. The van der Waals surface area contributed by atoms with Gasteiger partial charge in [-0.2, -0.15) is 4.31 Å². The molecule has 1 aromatic carbocycles. The SMILES string of the molecule is Cc1cc(NC(=O)CN2CCN(C(=O)c3cc(S(=O)(=O)N4CCCC4)ccc3Cl)CC2)no1. The lowest BCUT2D eigenvalue weighted by atomic mass is 10.1. The molecule has 3 heterocycles. The number of aryl methyl sites for hydroxylation is 1. The Bertz CT molecular complexity index is 1140. The number of halogens is 1. The summed E-state index contributed by atoms with van der Waals surface area (Å²) in [5, 5.41) is 6.63. The van der Waals surface area contributed by atoms with E-state index in [1.54, 1.807) is 17.9 Å². The summed E-state index contributed by atoms with van der Waals surface area (Å²) in [6, 6.07) is 5.91. The summed E-state index contributed by atoms with van der Waals surface area (Å²) in [6.07, 6.45) is 1.66. The monoisotopic (exact) mass is 495 g/mol. The smallest absolute Gasteiger partial charge is 0.255 e. The molecule has 2 aliphatic heterocycles. The lowest BCUT2D eigenvalue weighted by Crippen LogP contribution is -2.50. The molecule has 0 radical (unpaired) electrons. The number of amides is 2. The van der Waals surface area contributed by atoms with Crippen molar-refractivity contribution in [1.29, 1.82) is 0 Å². The minimum Gasteiger partial charge on any atom is -0.360 e. The summed E-state index contributed by atoms with van der Waals surface area (Å²) in [5.41, 5.74) is 0.171. The summed E-state index contributed by atoms with van der Waals surface area (Å²) in [6.45, 7) is 4.67. The molecule has 0 bridgehead atoms. The Kier molecular flexibility index (Phi) is 7.03. The van der Waals surface area contributed by atoms with Crippen LogP contribution in [-0.4, -0.2) is 85.3 Å². The molecule has 10 nitrogen and oxygen atoms in total. The third-order valence-electron chi connectivity index (χ3n) is 5.79. The zero-order valence-electron chi connectivity index (χ0n) is 18.3. The van der Waals surface area contributed by atoms with Gasteiger partial charge >= 0.3 is 0 Å². The first kappa shape index (κ1) is 23.7. The van der Waals surface area contributed by atoms with Gasteiger partial charge in [-0.1, -0.05) is 16.8 Å². The number of hydrogen-bond acceptors (Lipinski definition) is 7. The topological polar surface area (TPSA) is 116 Å². The molecule has 1 N–H and O–H groups in total. The van der Waals surface area contributed by atoms with E-state index in [0.29, 0.717) is 50.8 Å². The normalized spacial score (nSPS) is 17.9. The van der Waals surface area contributed by atoms with Gasteiger partial charge in [-0.15, -0.1) is 0 Å². The van der Waals surface area contributed by atoms with E-state index in [1.165, 1.54) is 22.5 Å². The molecular formula is C21H26ClN5O5S. The summed E-state index contributed by atoms with van der Waals surface area (Å²) in [4.78, 5) is 29.0. The van der Waals surface area contributed by atoms with Gasteiger partial charge in [0.15, 0.2) is 5.82 Å². The van der Waals surface area contributed by atoms with Crippen LogP contribution in [-0.2, 0) is 14.8 Å². The van der Waals surface area contributed by atoms with Crippen LogP contribution in [0.1, 0.15) is 29.0 Å². The largest absolute Gasteiger partial charge is 0.360 e.